The number of esters is 2. The molecule has 27 heteroatoms. The van der Waals surface area contributed by atoms with E-state index in [0.29, 0.717) is 162 Å². The van der Waals surface area contributed by atoms with Crippen LogP contribution in [0.25, 0.3) is 11.0 Å². The molecule has 3 radical (unpaired) electrons. The molecule has 0 spiro atoms. The number of aromatic nitrogens is 6. The van der Waals surface area contributed by atoms with Crippen molar-refractivity contribution in [3.63, 3.8) is 0 Å². The zero-order chi connectivity index (χ0) is 234. The van der Waals surface area contributed by atoms with Crippen molar-refractivity contribution >= 4 is 48.7 Å². The van der Waals surface area contributed by atoms with Gasteiger partial charge >= 0.3 is 41.5 Å². The summed E-state index contributed by atoms with van der Waals surface area (Å²) in [5.41, 5.74) is 11.9. The number of carbonyl (C=O) groups excluding carboxylic acids is 5. The first-order chi connectivity index (χ1) is 132. The number of ketones is 3. The zero-order valence-electron chi connectivity index (χ0n) is 219. The van der Waals surface area contributed by atoms with E-state index in [1.54, 1.807) is 25.0 Å². The monoisotopic (exact) mass is 2010 g/mol. The fourth-order valence-corrected chi connectivity index (χ4v) is 18.5. The predicted octanol–water partition coefficient (Wildman–Crippen LogP) is 38.9. The van der Waals surface area contributed by atoms with Crippen molar-refractivity contribution in [3.05, 3.63) is 271 Å². The standard InChI is InChI=1S/C23H23F3N2O.C23H21F3N2O.2C23H24F3NO.C4H6O3.B.Na.75H2.H/c2*24-19-10-21(26)20(25)9-18(19)14-3-5-15(6-4-14)23(29)22-17(13-1-2-13)8-7-16-11-27-12-28(16)22;2*1-2-16-9-10-17(13-3-4-13)22(27-16)23(28)15-7-5-14(6-8-15)18-11-20(25)21(26)12-19(18)24;1-3(5)7-4(2)6;;;;;;;;;;;;;;;;;;;;;;;;;;;;;;;;;;;;;;;;;;;;;;;;;;;;;;;;;;;;;;;;;;;;;;;;;;;;;;/h7-15,23,29H,1-6H2;7-15H,1-6H2;2*9-15H,2-8H2,1H3;1-2H3;;;75*1H;/q;;;;;;+1;;;;;;;;;;;;;;;;;;;;;;;;;;;;;;;;;;;;;;;;;;;;;;;;;;;;;;;;;;;;;;;;;;;;;;;;;;;;-1/i;;;;;;;74*1+1D;1+1;. The SMILES string of the molecule is CC(=O)OC(C)=O.CCc1ccc(C2CC2)c(C(=O)C2CCC(c3cc(F)c(F)cc3F)CC2)n1.CCc1ccc(C2CC2)c(C(=O)C2CCC(c3cc(F)c(F)cc3F)CC2)n1.O=C(c1c(C2CC2)ccc2cncn12)C1CCC(c2cc(F)c(F)cc2F)CC1.OC(c1c(C2CC2)ccc2cncn12)C1CCC(c2cc(F)c(F)cc2F)CC1.[2HH].[2H][2H].[2H][2H].[2H][2H].[2H][2H].[2H][2H].[2H][2H].[2H][2H].[2H][2H].[2H][2H].[2H][2H].[2H][2H].[2H][2H].[2H][2H].[2H][2H].[2H][2H].[2H][2H].[2H][2H].[2H][2H].[2H][2H].[2H][2H].[2H][2H].[2H][2H].[2H][2H].[2H][2H].[2H][2H].[2H][2H].[2H][2H].[2H][2H].[2H][2H].[2H][2H].[2H][2H].[2H][2H].[2H][2H].[2H][2H].[2H][2H].[2H][2H].[2H][2H].[2H][2H].[2H][2H].[2H][2H].[2H][2H].[2H][2H].[2H][2H].[2H][2H].[2H][2H].[2H][2H].[2H][2H].[2H][2H].[2H][2H].[2H][2H].[2H][2H].[2H][2H].[2H][2H].[2H][2H].[2H][2H].[2H][2H].[2H][2H].[2H][2H].[2H][2H].[2H][2H].[2H][2H].[2H][2H].[2H][2H].[2H][2H].[2H][2H].[2H][2H].[2H][2H].[2H][2H].[2H][2H].[2H][2H].[2H][2H].[2H][2H].[2H][2H].[2H][2H].[B].[H-].[Na+]. The molecule has 8 saturated carbocycles. The topological polar surface area (TPSA) is 175 Å². The van der Waals surface area contributed by atoms with E-state index in [1.807, 2.05) is 53.0 Å². The molecule has 0 aliphatic heterocycles. The van der Waals surface area contributed by atoms with Gasteiger partial charge in [0.1, 0.15) is 34.7 Å². The molecule has 4 aromatic carbocycles. The first-order valence-corrected chi connectivity index (χ1v) is 42.6. The van der Waals surface area contributed by atoms with Gasteiger partial charge in [-0.05, 0) is 313 Å². The molecule has 1 unspecified atom stereocenters. The summed E-state index contributed by atoms with van der Waals surface area (Å²) < 4.78 is 911. The Morgan fingerprint density at radius 2 is 0.659 bits per heavy atom. The normalized spacial score (nSPS) is 26.2. The van der Waals surface area contributed by atoms with E-state index in [2.05, 4.69) is 42.9 Å². The number of imidazole rings is 2. The number of Topliss-reactive ketones (excluding diaryl/α,β-unsaturated/α-hetero) is 3. The van der Waals surface area contributed by atoms with E-state index < -0.39 is 87.8 Å². The summed E-state index contributed by atoms with van der Waals surface area (Å²) in [6.45, 7) is 6.41. The molecule has 6 heterocycles. The van der Waals surface area contributed by atoms with E-state index >= 15 is 0 Å². The molecule has 123 heavy (non-hydrogen) atoms. The molecule has 6 aromatic heterocycles. The van der Waals surface area contributed by atoms with Gasteiger partial charge in [0.15, 0.2) is 63.9 Å². The Morgan fingerprint density at radius 3 is 0.992 bits per heavy atom. The number of aliphatic hydroxyl groups is 1. The summed E-state index contributed by atoms with van der Waals surface area (Å²) in [5, 5.41) is 11.3. The Labute approximate surface area is 962 Å². The molecular formula is C96H249BF12N6NaO7. The van der Waals surface area contributed by atoms with Crippen LogP contribution in [0.2, 0.25) is 0 Å². The van der Waals surface area contributed by atoms with Gasteiger partial charge in [0.25, 0.3) is 0 Å². The number of pyridine rings is 4. The van der Waals surface area contributed by atoms with Gasteiger partial charge in [0.2, 0.25) is 0 Å². The van der Waals surface area contributed by atoms with Gasteiger partial charge in [0.05, 0.1) is 53.6 Å². The summed E-state index contributed by atoms with van der Waals surface area (Å²) >= 11 is 0. The van der Waals surface area contributed by atoms with Crippen LogP contribution in [0.3, 0.4) is 0 Å². The largest absolute Gasteiger partial charge is 1.00 e. The third kappa shape index (κ3) is 22.1. The smallest absolute Gasteiger partial charge is 1.00 e. The van der Waals surface area contributed by atoms with Crippen LogP contribution in [0.4, 0.5) is 52.7 Å². The fraction of sp³-hybridized carbons (Fsp3) is 0.448. The molecule has 8 fully saturated rings. The minimum absolute atomic E-state index is 0. The van der Waals surface area contributed by atoms with Crippen molar-refractivity contribution < 1.29 is 339 Å². The number of aliphatic hydroxyl groups excluding tert-OH is 1. The minimum atomic E-state index is -1.17. The van der Waals surface area contributed by atoms with Gasteiger partial charge in [-0.15, -0.1) is 0 Å². The molecule has 1 N–H and O–H groups in total. The van der Waals surface area contributed by atoms with Crippen molar-refractivity contribution in [3.8, 4) is 0 Å². The zero-order valence-corrected chi connectivity index (χ0v) is 71.6. The summed E-state index contributed by atoms with van der Waals surface area (Å²) in [7, 11) is 0. The molecule has 1 atom stereocenters. The van der Waals surface area contributed by atoms with E-state index in [1.165, 1.54) is 19.4 Å². The number of aryl methyl sites for hydroxylation is 2. The van der Waals surface area contributed by atoms with Crippen LogP contribution in [-0.4, -0.2) is 71.5 Å². The Morgan fingerprint density at radius 1 is 0.382 bits per heavy atom. The van der Waals surface area contributed by atoms with E-state index in [-0.39, 0.29) is 128 Å². The molecule has 13 nitrogen and oxygen atoms in total. The second-order valence-corrected chi connectivity index (χ2v) is 34.0. The summed E-state index contributed by atoms with van der Waals surface area (Å²) in [6, 6.07) is 22.7. The summed E-state index contributed by atoms with van der Waals surface area (Å²) in [6.07, 6.45) is 26.7. The van der Waals surface area contributed by atoms with Crippen LogP contribution < -0.4 is 29.6 Å². The molecule has 0 bridgehead atoms. The maximum atomic E-state index is 14.2. The number of hydrogen-bond acceptors (Lipinski definition) is 11. The first kappa shape index (κ1) is 36.7. The second-order valence-electron chi connectivity index (χ2n) is 34.0. The Balaban J connectivity index is -0.0000000270. The maximum Gasteiger partial charge on any atom is 1.00 e. The van der Waals surface area contributed by atoms with Crippen LogP contribution in [0, 0.1) is 93.5 Å². The average Bonchev–Trinajstić information content (AvgIpc) is 1.61. The summed E-state index contributed by atoms with van der Waals surface area (Å²) in [4.78, 5) is 77.1. The quantitative estimate of drug-likeness (QED) is 0.0216. The molecule has 8 aliphatic rings. The molecule has 793 valence electrons. The second kappa shape index (κ2) is 40.9. The van der Waals surface area contributed by atoms with Crippen molar-refractivity contribution in [1.29, 1.82) is 0 Å². The molecule has 10 aromatic rings. The first-order valence-electron chi connectivity index (χ1n) is 117. The van der Waals surface area contributed by atoms with E-state index in [9.17, 15) is 81.8 Å². The minimum Gasteiger partial charge on any atom is -1.00 e. The van der Waals surface area contributed by atoms with Crippen molar-refractivity contribution in [2.24, 2.45) is 23.7 Å². The number of fused-ring (bicyclic) bond motifs is 2. The van der Waals surface area contributed by atoms with Crippen LogP contribution in [-0.2, 0) is 27.2 Å². The van der Waals surface area contributed by atoms with Gasteiger partial charge in [-0.1, -0.05) is 38.1 Å². The van der Waals surface area contributed by atoms with Crippen molar-refractivity contribution in [2.75, 3.05) is 0 Å². The Hall–Kier alpha value is -9.11. The number of nitrogens with zero attached hydrogens (tertiary/aromatic N) is 6. The average molecular weight is 2010 g/mol. The fourth-order valence-electron chi connectivity index (χ4n) is 18.5. The van der Waals surface area contributed by atoms with Gasteiger partial charge in [-0.3, -0.25) is 28.4 Å². The third-order valence-corrected chi connectivity index (χ3v) is 25.7. The van der Waals surface area contributed by atoms with Gasteiger partial charge in [-0.25, -0.2) is 72.6 Å². The van der Waals surface area contributed by atoms with Crippen molar-refractivity contribution in [2.45, 2.75) is 248 Å². The van der Waals surface area contributed by atoms with Gasteiger partial charge in [0, 0.05) is 297 Å². The number of halogens is 12. The molecule has 8 aliphatic carbocycles. The number of hydrogen-bond donors (Lipinski definition) is 1. The number of benzene rings is 4. The molecule has 0 saturated heterocycles. The Bertz CT molecular complexity index is 5620. The van der Waals surface area contributed by atoms with E-state index in [0.717, 1.165) is 139 Å². The number of carbonyl (C=O) groups is 5. The molecular weight excluding hydrogens is 1610 g/mol. The van der Waals surface area contributed by atoms with Crippen LogP contribution >= 0.6 is 0 Å². The summed E-state index contributed by atoms with van der Waals surface area (Å²) in [5.74, 6) is -11.7. The molecule has 0 amide bonds. The maximum absolute atomic E-state index is 14.2. The number of ether oxygens (including phenoxy) is 1. The van der Waals surface area contributed by atoms with Crippen LogP contribution in [0.15, 0.2) is 122 Å². The van der Waals surface area contributed by atoms with Gasteiger partial charge < -0.3 is 15.7 Å². The Kier molecular flexibility index (Phi) is 12.2. The third-order valence-electron chi connectivity index (χ3n) is 25.7. The molecule has 18 rings (SSSR count). The van der Waals surface area contributed by atoms with Gasteiger partial charge in [-0.2, -0.15) is 0 Å². The van der Waals surface area contributed by atoms with Crippen LogP contribution in [0.5, 0.6) is 0 Å². The van der Waals surface area contributed by atoms with Crippen LogP contribution in [0.1, 0.15) is 551 Å². The van der Waals surface area contributed by atoms with E-state index in [4.69, 9.17) is 220 Å². The van der Waals surface area contributed by atoms with Crippen molar-refractivity contribution in [1.82, 2.24) is 28.7 Å². The predicted molar refractivity (Wildman–Crippen MR) is 595 cm³/mol. The number of rotatable bonds is 18.